The summed E-state index contributed by atoms with van der Waals surface area (Å²) in [6.45, 7) is 8.56. The average molecular weight is 274 g/mol. The lowest BCUT2D eigenvalue weighted by molar-refractivity contribution is -0.927. The Morgan fingerprint density at radius 1 is 0.632 bits per heavy atom. The SMILES string of the molecule is CCCCCCCCCC[N+](CC)(CCO)CCO. The zero-order valence-electron chi connectivity index (χ0n) is 13.2. The van der Waals surface area contributed by atoms with Gasteiger partial charge in [-0.2, -0.15) is 0 Å². The molecule has 3 heteroatoms. The Morgan fingerprint density at radius 3 is 1.53 bits per heavy atom. The molecule has 0 heterocycles. The molecular weight excluding hydrogens is 238 g/mol. The number of hydrogen-bond acceptors (Lipinski definition) is 2. The van der Waals surface area contributed by atoms with Gasteiger partial charge in [0.1, 0.15) is 13.1 Å². The zero-order chi connectivity index (χ0) is 14.4. The maximum absolute atomic E-state index is 9.19. The van der Waals surface area contributed by atoms with E-state index >= 15 is 0 Å². The van der Waals surface area contributed by atoms with Gasteiger partial charge < -0.3 is 14.7 Å². The Balaban J connectivity index is 3.68. The minimum atomic E-state index is 0.227. The molecule has 0 unspecified atom stereocenters. The van der Waals surface area contributed by atoms with Gasteiger partial charge in [0.15, 0.2) is 0 Å². The fourth-order valence-corrected chi connectivity index (χ4v) is 2.82. The van der Waals surface area contributed by atoms with Gasteiger partial charge in [0.2, 0.25) is 0 Å². The summed E-state index contributed by atoms with van der Waals surface area (Å²) in [6.07, 6.45) is 10.7. The van der Waals surface area contributed by atoms with E-state index in [4.69, 9.17) is 0 Å². The Morgan fingerprint density at radius 2 is 1.11 bits per heavy atom. The van der Waals surface area contributed by atoms with Crippen molar-refractivity contribution in [2.45, 2.75) is 65.2 Å². The lowest BCUT2D eigenvalue weighted by Gasteiger charge is -2.37. The maximum Gasteiger partial charge on any atom is 0.102 e. The quantitative estimate of drug-likeness (QED) is 0.378. The molecule has 0 aliphatic heterocycles. The van der Waals surface area contributed by atoms with Crippen LogP contribution in [0.4, 0.5) is 0 Å². The number of quaternary nitrogens is 1. The molecule has 0 aliphatic rings. The van der Waals surface area contributed by atoms with Crippen molar-refractivity contribution in [2.75, 3.05) is 39.4 Å². The van der Waals surface area contributed by atoms with E-state index in [2.05, 4.69) is 13.8 Å². The molecule has 0 fully saturated rings. The summed E-state index contributed by atoms with van der Waals surface area (Å²) in [7, 11) is 0. The molecule has 0 radical (unpaired) electrons. The monoisotopic (exact) mass is 274 g/mol. The predicted octanol–water partition coefficient (Wildman–Crippen LogP) is 2.95. The van der Waals surface area contributed by atoms with Crippen LogP contribution in [0.15, 0.2) is 0 Å². The van der Waals surface area contributed by atoms with Crippen LogP contribution in [0.2, 0.25) is 0 Å². The van der Waals surface area contributed by atoms with E-state index in [0.29, 0.717) is 0 Å². The van der Waals surface area contributed by atoms with Crippen molar-refractivity contribution in [2.24, 2.45) is 0 Å². The summed E-state index contributed by atoms with van der Waals surface area (Å²) in [5.74, 6) is 0. The summed E-state index contributed by atoms with van der Waals surface area (Å²) in [4.78, 5) is 0. The third-order valence-corrected chi connectivity index (χ3v) is 4.31. The largest absolute Gasteiger partial charge is 0.391 e. The molecule has 0 atom stereocenters. The molecule has 0 rings (SSSR count). The summed E-state index contributed by atoms with van der Waals surface area (Å²) >= 11 is 0. The first-order chi connectivity index (χ1) is 9.24. The van der Waals surface area contributed by atoms with Gasteiger partial charge in [-0.25, -0.2) is 0 Å². The number of hydrogen-bond donors (Lipinski definition) is 2. The Bertz CT molecular complexity index is 180. The van der Waals surface area contributed by atoms with Crippen LogP contribution in [0.1, 0.15) is 65.2 Å². The lowest BCUT2D eigenvalue weighted by atomic mass is 10.1. The number of nitrogens with zero attached hydrogens (tertiary/aromatic N) is 1. The van der Waals surface area contributed by atoms with Crippen LogP contribution in [-0.4, -0.2) is 54.1 Å². The molecule has 19 heavy (non-hydrogen) atoms. The molecule has 0 bridgehead atoms. The molecule has 0 spiro atoms. The van der Waals surface area contributed by atoms with Crippen molar-refractivity contribution < 1.29 is 14.7 Å². The van der Waals surface area contributed by atoms with Crippen LogP contribution in [0.3, 0.4) is 0 Å². The number of aliphatic hydroxyl groups is 2. The van der Waals surface area contributed by atoms with Gasteiger partial charge in [-0.15, -0.1) is 0 Å². The molecule has 0 aliphatic carbocycles. The van der Waals surface area contributed by atoms with Crippen molar-refractivity contribution in [3.63, 3.8) is 0 Å². The van der Waals surface area contributed by atoms with Gasteiger partial charge in [-0.05, 0) is 19.8 Å². The van der Waals surface area contributed by atoms with E-state index in [9.17, 15) is 10.2 Å². The molecule has 0 aromatic heterocycles. The van der Waals surface area contributed by atoms with E-state index in [0.717, 1.165) is 30.7 Å². The van der Waals surface area contributed by atoms with Gasteiger partial charge in [0.05, 0.1) is 26.3 Å². The van der Waals surface area contributed by atoms with Crippen LogP contribution in [0, 0.1) is 0 Å². The second-order valence-electron chi connectivity index (χ2n) is 5.75. The van der Waals surface area contributed by atoms with Crippen molar-refractivity contribution in [3.05, 3.63) is 0 Å². The van der Waals surface area contributed by atoms with Crippen LogP contribution >= 0.6 is 0 Å². The van der Waals surface area contributed by atoms with Crippen molar-refractivity contribution in [1.82, 2.24) is 0 Å². The first-order valence-corrected chi connectivity index (χ1v) is 8.31. The number of unbranched alkanes of at least 4 members (excludes halogenated alkanes) is 7. The Labute approximate surface area is 120 Å². The Hall–Kier alpha value is -0.120. The molecular formula is C16H36NO2+. The molecule has 116 valence electrons. The van der Waals surface area contributed by atoms with E-state index in [1.54, 1.807) is 0 Å². The first-order valence-electron chi connectivity index (χ1n) is 8.31. The van der Waals surface area contributed by atoms with E-state index in [1.165, 1.54) is 51.4 Å². The fourth-order valence-electron chi connectivity index (χ4n) is 2.82. The second-order valence-corrected chi connectivity index (χ2v) is 5.75. The summed E-state index contributed by atoms with van der Waals surface area (Å²) < 4.78 is 0.878. The average Bonchev–Trinajstić information content (AvgIpc) is 2.42. The minimum absolute atomic E-state index is 0.227. The third kappa shape index (κ3) is 9.42. The van der Waals surface area contributed by atoms with Crippen molar-refractivity contribution in [3.8, 4) is 0 Å². The van der Waals surface area contributed by atoms with E-state index in [-0.39, 0.29) is 13.2 Å². The second kappa shape index (κ2) is 12.9. The van der Waals surface area contributed by atoms with Gasteiger partial charge in [0, 0.05) is 0 Å². The van der Waals surface area contributed by atoms with Crippen molar-refractivity contribution >= 4 is 0 Å². The highest BCUT2D eigenvalue weighted by Crippen LogP contribution is 2.12. The van der Waals surface area contributed by atoms with Gasteiger partial charge in [0.25, 0.3) is 0 Å². The van der Waals surface area contributed by atoms with E-state index < -0.39 is 0 Å². The molecule has 0 aromatic rings. The normalized spacial score (nSPS) is 12.0. The number of aliphatic hydroxyl groups excluding tert-OH is 2. The van der Waals surface area contributed by atoms with Crippen LogP contribution in [0.25, 0.3) is 0 Å². The summed E-state index contributed by atoms with van der Waals surface area (Å²) in [5, 5.41) is 18.4. The third-order valence-electron chi connectivity index (χ3n) is 4.31. The van der Waals surface area contributed by atoms with E-state index in [1.807, 2.05) is 0 Å². The fraction of sp³-hybridized carbons (Fsp3) is 1.00. The van der Waals surface area contributed by atoms with Crippen LogP contribution < -0.4 is 0 Å². The number of likely N-dealkylation sites (N-methyl/N-ethyl adjacent to an activating group) is 1. The van der Waals surface area contributed by atoms with Crippen LogP contribution in [-0.2, 0) is 0 Å². The molecule has 0 amide bonds. The standard InChI is InChI=1S/C16H36NO2/c1-3-5-6-7-8-9-10-11-12-17(4-2,13-15-18)14-16-19/h18-19H,3-16H2,1-2H3/q+1. The zero-order valence-corrected chi connectivity index (χ0v) is 13.2. The maximum atomic E-state index is 9.19. The smallest absolute Gasteiger partial charge is 0.102 e. The molecule has 3 nitrogen and oxygen atoms in total. The highest BCUT2D eigenvalue weighted by Gasteiger charge is 2.23. The number of rotatable bonds is 14. The highest BCUT2D eigenvalue weighted by atomic mass is 16.3. The van der Waals surface area contributed by atoms with Crippen LogP contribution in [0.5, 0.6) is 0 Å². The predicted molar refractivity (Wildman–Crippen MR) is 82.2 cm³/mol. The van der Waals surface area contributed by atoms with Gasteiger partial charge >= 0.3 is 0 Å². The topological polar surface area (TPSA) is 40.5 Å². The summed E-state index contributed by atoms with van der Waals surface area (Å²) in [5.41, 5.74) is 0. The molecule has 0 saturated carbocycles. The molecule has 2 N–H and O–H groups in total. The Kier molecular flexibility index (Phi) is 12.8. The first kappa shape index (κ1) is 18.9. The highest BCUT2D eigenvalue weighted by molar-refractivity contribution is 4.48. The minimum Gasteiger partial charge on any atom is -0.391 e. The summed E-state index contributed by atoms with van der Waals surface area (Å²) in [6, 6.07) is 0. The molecule has 0 saturated heterocycles. The van der Waals surface area contributed by atoms with Crippen molar-refractivity contribution in [1.29, 1.82) is 0 Å². The molecule has 0 aromatic carbocycles. The van der Waals surface area contributed by atoms with Gasteiger partial charge in [-0.3, -0.25) is 0 Å². The van der Waals surface area contributed by atoms with Gasteiger partial charge in [-0.1, -0.05) is 45.4 Å². The lowest BCUT2D eigenvalue weighted by Crippen LogP contribution is -2.52.